The first-order chi connectivity index (χ1) is 21.3. The molecule has 1 saturated heterocycles. The molecule has 4 aromatic carbocycles. The third kappa shape index (κ3) is 4.16. The first-order valence-corrected chi connectivity index (χ1v) is 15.3. The van der Waals surface area contributed by atoms with Crippen molar-refractivity contribution >= 4 is 23.2 Å². The van der Waals surface area contributed by atoms with E-state index in [1.165, 1.54) is 0 Å². The second-order valence-electron chi connectivity index (χ2n) is 12.0. The van der Waals surface area contributed by atoms with Crippen molar-refractivity contribution < 1.29 is 19.1 Å². The van der Waals surface area contributed by atoms with Crippen molar-refractivity contribution in [2.24, 2.45) is 0 Å². The van der Waals surface area contributed by atoms with Gasteiger partial charge in [-0.1, -0.05) is 96.6 Å². The summed E-state index contributed by atoms with van der Waals surface area (Å²) in [5.74, 6) is -1.86. The SMILES string of the molecule is CCO[C@@]12O[C@]3(CC1=C(Cc1ccccc1)C(=O)N2c1c(C)cc(C)cc1C)C(=O)N(Cc1ccccc1)c1ccccc13. The third-order valence-electron chi connectivity index (χ3n) is 9.07. The van der Waals surface area contributed by atoms with Crippen molar-refractivity contribution in [3.05, 3.63) is 142 Å². The van der Waals surface area contributed by atoms with Crippen LogP contribution >= 0.6 is 0 Å². The van der Waals surface area contributed by atoms with E-state index >= 15 is 0 Å². The number of para-hydroxylation sites is 1. The highest BCUT2D eigenvalue weighted by Gasteiger charge is 2.70. The largest absolute Gasteiger partial charge is 0.329 e. The Kier molecular flexibility index (Phi) is 6.80. The summed E-state index contributed by atoms with van der Waals surface area (Å²) in [5.41, 5.74) is 7.41. The van der Waals surface area contributed by atoms with E-state index in [2.05, 4.69) is 19.1 Å². The van der Waals surface area contributed by atoms with Crippen molar-refractivity contribution in [2.45, 2.75) is 58.6 Å². The maximum Gasteiger partial charge on any atom is 0.285 e. The lowest BCUT2D eigenvalue weighted by atomic mass is 9.88. The average molecular weight is 585 g/mol. The zero-order chi connectivity index (χ0) is 30.6. The van der Waals surface area contributed by atoms with E-state index < -0.39 is 11.5 Å². The predicted octanol–water partition coefficient (Wildman–Crippen LogP) is 7.05. The Balaban J connectivity index is 1.43. The number of anilines is 2. The summed E-state index contributed by atoms with van der Waals surface area (Å²) < 4.78 is 13.8. The standard InChI is InChI=1S/C38H36N2O4/c1-5-43-38-32(23-37(44-38)31-18-12-13-19-33(31)39(36(37)42)24-29-16-10-7-11-17-29)30(22-28-14-8-6-9-15-28)35(41)40(38)34-26(3)20-25(2)21-27(34)4/h6-21H,5,22-24H2,1-4H3/t37-,38+/m0/s1. The van der Waals surface area contributed by atoms with Gasteiger partial charge in [0, 0.05) is 36.2 Å². The molecule has 6 nitrogen and oxygen atoms in total. The fourth-order valence-electron chi connectivity index (χ4n) is 7.39. The minimum atomic E-state index is -1.56. The second-order valence-corrected chi connectivity index (χ2v) is 12.0. The summed E-state index contributed by atoms with van der Waals surface area (Å²) in [6.07, 6.45) is 0.635. The Morgan fingerprint density at radius 2 is 1.43 bits per heavy atom. The lowest BCUT2D eigenvalue weighted by Gasteiger charge is -2.39. The molecule has 0 saturated carbocycles. The molecule has 2 atom stereocenters. The summed E-state index contributed by atoms with van der Waals surface area (Å²) in [6.45, 7) is 8.68. The van der Waals surface area contributed by atoms with E-state index in [9.17, 15) is 9.59 Å². The maximum absolute atomic E-state index is 14.8. The van der Waals surface area contributed by atoms with Crippen molar-refractivity contribution in [2.75, 3.05) is 16.4 Å². The molecule has 1 fully saturated rings. The molecule has 0 unspecified atom stereocenters. The summed E-state index contributed by atoms with van der Waals surface area (Å²) >= 11 is 0. The van der Waals surface area contributed by atoms with Crippen LogP contribution in [0, 0.1) is 20.8 Å². The molecule has 7 rings (SSSR count). The Bertz CT molecular complexity index is 1790. The first-order valence-electron chi connectivity index (χ1n) is 15.3. The van der Waals surface area contributed by atoms with E-state index in [0.717, 1.165) is 50.3 Å². The number of benzene rings is 4. The van der Waals surface area contributed by atoms with Crippen molar-refractivity contribution in [1.82, 2.24) is 0 Å². The van der Waals surface area contributed by atoms with Gasteiger partial charge in [0.05, 0.1) is 17.9 Å². The molecule has 0 radical (unpaired) electrons. The quantitative estimate of drug-likeness (QED) is 0.234. The van der Waals surface area contributed by atoms with Gasteiger partial charge in [-0.3, -0.25) is 14.5 Å². The third-order valence-corrected chi connectivity index (χ3v) is 9.07. The molecule has 0 aliphatic carbocycles. The summed E-state index contributed by atoms with van der Waals surface area (Å²) in [6, 6.07) is 32.0. The number of aryl methyl sites for hydroxylation is 3. The molecule has 0 aromatic heterocycles. The highest BCUT2D eigenvalue weighted by atomic mass is 16.7. The van der Waals surface area contributed by atoms with Crippen LogP contribution in [-0.4, -0.2) is 24.3 Å². The molecule has 44 heavy (non-hydrogen) atoms. The molecule has 3 aliphatic heterocycles. The Hall–Kier alpha value is -4.52. The first kappa shape index (κ1) is 28.3. The number of nitrogens with zero attached hydrogens (tertiary/aromatic N) is 2. The summed E-state index contributed by atoms with van der Waals surface area (Å²) in [7, 11) is 0. The van der Waals surface area contributed by atoms with E-state index in [-0.39, 0.29) is 24.8 Å². The van der Waals surface area contributed by atoms with Crippen LogP contribution in [0.5, 0.6) is 0 Å². The van der Waals surface area contributed by atoms with Crippen LogP contribution in [-0.2, 0) is 37.6 Å². The number of fused-ring (bicyclic) bond motifs is 3. The number of amides is 2. The molecule has 0 bridgehead atoms. The monoisotopic (exact) mass is 584 g/mol. The number of carbonyl (C=O) groups is 2. The van der Waals surface area contributed by atoms with Gasteiger partial charge in [0.25, 0.3) is 17.7 Å². The van der Waals surface area contributed by atoms with E-state index in [4.69, 9.17) is 9.47 Å². The highest BCUT2D eigenvalue weighted by molar-refractivity contribution is 6.14. The molecule has 222 valence electrons. The van der Waals surface area contributed by atoms with E-state index in [1.807, 2.05) is 111 Å². The molecule has 1 spiro atoms. The van der Waals surface area contributed by atoms with Gasteiger partial charge in [0.15, 0.2) is 5.60 Å². The fourth-order valence-corrected chi connectivity index (χ4v) is 7.39. The lowest BCUT2D eigenvalue weighted by Crippen LogP contribution is -2.54. The minimum Gasteiger partial charge on any atom is -0.329 e. The minimum absolute atomic E-state index is 0.146. The number of hydrogen-bond donors (Lipinski definition) is 0. The van der Waals surface area contributed by atoms with Crippen LogP contribution in [0.2, 0.25) is 0 Å². The van der Waals surface area contributed by atoms with Crippen LogP contribution in [0.4, 0.5) is 11.4 Å². The lowest BCUT2D eigenvalue weighted by molar-refractivity contribution is -0.230. The second kappa shape index (κ2) is 10.6. The van der Waals surface area contributed by atoms with Crippen LogP contribution in [0.15, 0.2) is 108 Å². The van der Waals surface area contributed by atoms with Gasteiger partial charge in [-0.25, -0.2) is 0 Å². The fraction of sp³-hybridized carbons (Fsp3) is 0.263. The zero-order valence-corrected chi connectivity index (χ0v) is 25.6. The summed E-state index contributed by atoms with van der Waals surface area (Å²) in [4.78, 5) is 32.9. The van der Waals surface area contributed by atoms with Crippen molar-refractivity contribution in [3.63, 3.8) is 0 Å². The van der Waals surface area contributed by atoms with Gasteiger partial charge in [0.2, 0.25) is 0 Å². The number of carbonyl (C=O) groups excluding carboxylic acids is 2. The number of ether oxygens (including phenoxy) is 2. The molecule has 4 aromatic rings. The molecule has 3 heterocycles. The van der Waals surface area contributed by atoms with Crippen LogP contribution in [0.1, 0.15) is 46.7 Å². The molecule has 0 N–H and O–H groups in total. The Morgan fingerprint density at radius 3 is 2.09 bits per heavy atom. The van der Waals surface area contributed by atoms with Crippen LogP contribution < -0.4 is 9.80 Å². The Morgan fingerprint density at radius 1 is 0.818 bits per heavy atom. The molecule has 2 amide bonds. The average Bonchev–Trinajstić information content (AvgIpc) is 3.54. The smallest absolute Gasteiger partial charge is 0.285 e. The van der Waals surface area contributed by atoms with Crippen molar-refractivity contribution in [1.29, 1.82) is 0 Å². The van der Waals surface area contributed by atoms with Crippen LogP contribution in [0.25, 0.3) is 0 Å². The molecule has 3 aliphatic rings. The van der Waals surface area contributed by atoms with Crippen molar-refractivity contribution in [3.8, 4) is 0 Å². The van der Waals surface area contributed by atoms with Gasteiger partial charge in [0.1, 0.15) is 0 Å². The topological polar surface area (TPSA) is 59.1 Å². The summed E-state index contributed by atoms with van der Waals surface area (Å²) in [5, 5.41) is 0. The van der Waals surface area contributed by atoms with E-state index in [0.29, 0.717) is 18.5 Å². The number of rotatable bonds is 7. The van der Waals surface area contributed by atoms with E-state index in [1.54, 1.807) is 4.90 Å². The van der Waals surface area contributed by atoms with Gasteiger partial charge < -0.3 is 14.4 Å². The van der Waals surface area contributed by atoms with Gasteiger partial charge in [-0.05, 0) is 56.0 Å². The van der Waals surface area contributed by atoms with Gasteiger partial charge in [-0.2, -0.15) is 0 Å². The Labute approximate surface area is 258 Å². The van der Waals surface area contributed by atoms with Crippen LogP contribution in [0.3, 0.4) is 0 Å². The van der Waals surface area contributed by atoms with Gasteiger partial charge >= 0.3 is 0 Å². The molecular weight excluding hydrogens is 548 g/mol. The van der Waals surface area contributed by atoms with Gasteiger partial charge in [-0.15, -0.1) is 0 Å². The zero-order valence-electron chi connectivity index (χ0n) is 25.6. The molecular formula is C38H36N2O4. The normalized spacial score (nSPS) is 22.4. The highest BCUT2D eigenvalue weighted by Crippen LogP contribution is 2.60. The maximum atomic E-state index is 14.8. The number of hydrogen-bond acceptors (Lipinski definition) is 4. The predicted molar refractivity (Wildman–Crippen MR) is 171 cm³/mol. The molecule has 6 heteroatoms.